The van der Waals surface area contributed by atoms with Crippen LogP contribution in [-0.2, 0) is 10.2 Å². The molecule has 2 aliphatic heterocycles. The van der Waals surface area contributed by atoms with Crippen molar-refractivity contribution in [3.05, 3.63) is 0 Å². The van der Waals surface area contributed by atoms with Gasteiger partial charge in [-0.05, 0) is 56.3 Å². The predicted octanol–water partition coefficient (Wildman–Crippen LogP) is 2.09. The van der Waals surface area contributed by atoms with Crippen molar-refractivity contribution in [1.82, 2.24) is 8.61 Å². The molecular weight excluding hydrogens is 310 g/mol. The predicted molar refractivity (Wildman–Crippen MR) is 91.1 cm³/mol. The highest BCUT2D eigenvalue weighted by molar-refractivity contribution is 7.86. The minimum absolute atomic E-state index is 0.251. The van der Waals surface area contributed by atoms with Crippen LogP contribution in [0.25, 0.3) is 0 Å². The van der Waals surface area contributed by atoms with E-state index in [1.807, 2.05) is 0 Å². The quantitative estimate of drug-likeness (QED) is 0.855. The third-order valence-electron chi connectivity index (χ3n) is 7.52. The van der Waals surface area contributed by atoms with Crippen LogP contribution in [-0.4, -0.2) is 48.7 Å². The minimum atomic E-state index is -3.33. The van der Waals surface area contributed by atoms with Gasteiger partial charge in [-0.15, -0.1) is 0 Å². The van der Waals surface area contributed by atoms with Gasteiger partial charge in [0.2, 0.25) is 0 Å². The molecule has 0 amide bonds. The molecule has 2 saturated heterocycles. The van der Waals surface area contributed by atoms with E-state index in [4.69, 9.17) is 5.73 Å². The van der Waals surface area contributed by atoms with E-state index < -0.39 is 10.2 Å². The summed E-state index contributed by atoms with van der Waals surface area (Å²) in [6.45, 7) is 2.58. The topological polar surface area (TPSA) is 66.6 Å². The van der Waals surface area contributed by atoms with Crippen LogP contribution in [0, 0.1) is 11.3 Å². The molecule has 0 aromatic carbocycles. The fourth-order valence-electron chi connectivity index (χ4n) is 5.77. The second kappa shape index (κ2) is 5.68. The van der Waals surface area contributed by atoms with Crippen LogP contribution in [0.2, 0.25) is 0 Å². The van der Waals surface area contributed by atoms with E-state index in [0.29, 0.717) is 37.5 Å². The molecule has 2 N–H and O–H groups in total. The zero-order valence-corrected chi connectivity index (χ0v) is 15.0. The Kier molecular flexibility index (Phi) is 4.03. The Morgan fingerprint density at radius 1 is 0.913 bits per heavy atom. The van der Waals surface area contributed by atoms with Gasteiger partial charge in [-0.1, -0.05) is 19.3 Å². The standard InChI is InChI=1S/C17H31N3O2S/c18-14-17-8-4-15(17)5-11-20(17)23(21,22)19-12-9-16(10-13-19)6-2-1-3-7-16/h15H,1-14,18H2. The van der Waals surface area contributed by atoms with Gasteiger partial charge >= 0.3 is 0 Å². The molecule has 0 aromatic heterocycles. The molecule has 0 aromatic rings. The summed E-state index contributed by atoms with van der Waals surface area (Å²) in [5.74, 6) is 0.497. The molecule has 23 heavy (non-hydrogen) atoms. The van der Waals surface area contributed by atoms with Crippen molar-refractivity contribution in [1.29, 1.82) is 0 Å². The number of hydrogen-bond acceptors (Lipinski definition) is 3. The first kappa shape index (κ1) is 16.3. The van der Waals surface area contributed by atoms with Crippen LogP contribution in [0.5, 0.6) is 0 Å². The molecule has 2 unspecified atom stereocenters. The molecular formula is C17H31N3O2S. The van der Waals surface area contributed by atoms with Gasteiger partial charge in [0, 0.05) is 26.2 Å². The van der Waals surface area contributed by atoms with Crippen LogP contribution < -0.4 is 5.73 Å². The first-order valence-corrected chi connectivity index (χ1v) is 10.9. The van der Waals surface area contributed by atoms with Crippen molar-refractivity contribution >= 4 is 10.2 Å². The molecule has 132 valence electrons. The second-order valence-electron chi connectivity index (χ2n) is 8.37. The van der Waals surface area contributed by atoms with Gasteiger partial charge in [-0.25, -0.2) is 0 Å². The zero-order valence-electron chi connectivity index (χ0n) is 14.2. The molecule has 4 fully saturated rings. The summed E-state index contributed by atoms with van der Waals surface area (Å²) in [4.78, 5) is 0. The maximum Gasteiger partial charge on any atom is 0.282 e. The first-order valence-electron chi connectivity index (χ1n) is 9.51. The van der Waals surface area contributed by atoms with E-state index in [2.05, 4.69) is 0 Å². The maximum absolute atomic E-state index is 13.2. The van der Waals surface area contributed by atoms with Crippen molar-refractivity contribution in [3.63, 3.8) is 0 Å². The molecule has 4 aliphatic rings. The van der Waals surface area contributed by atoms with E-state index in [1.54, 1.807) is 8.61 Å². The maximum atomic E-state index is 13.2. The van der Waals surface area contributed by atoms with Crippen LogP contribution in [0.1, 0.15) is 64.2 Å². The van der Waals surface area contributed by atoms with Crippen molar-refractivity contribution in [2.45, 2.75) is 69.7 Å². The fourth-order valence-corrected chi connectivity index (χ4v) is 7.80. The highest BCUT2D eigenvalue weighted by Crippen LogP contribution is 2.52. The van der Waals surface area contributed by atoms with Gasteiger partial charge in [0.05, 0.1) is 5.54 Å². The Hall–Kier alpha value is -0.170. The zero-order chi connectivity index (χ0) is 16.1. The Labute approximate surface area is 140 Å². The largest absolute Gasteiger partial charge is 0.329 e. The molecule has 2 atom stereocenters. The van der Waals surface area contributed by atoms with Gasteiger partial charge in [0.1, 0.15) is 0 Å². The Balaban J connectivity index is 1.48. The molecule has 0 bridgehead atoms. The summed E-state index contributed by atoms with van der Waals surface area (Å²) in [6, 6.07) is 0. The third-order valence-corrected chi connectivity index (χ3v) is 9.64. The SMILES string of the molecule is NCC12CCC1CCN2S(=O)(=O)N1CCC2(CCCCC2)CC1. The van der Waals surface area contributed by atoms with Crippen molar-refractivity contribution < 1.29 is 8.42 Å². The molecule has 6 heteroatoms. The Morgan fingerprint density at radius 3 is 2.17 bits per heavy atom. The number of nitrogens with two attached hydrogens (primary N) is 1. The summed E-state index contributed by atoms with van der Waals surface area (Å²) in [5, 5.41) is 0. The van der Waals surface area contributed by atoms with E-state index in [9.17, 15) is 8.42 Å². The lowest BCUT2D eigenvalue weighted by Gasteiger charge is -2.51. The number of hydrogen-bond donors (Lipinski definition) is 1. The minimum Gasteiger partial charge on any atom is -0.329 e. The number of piperidine rings is 1. The Morgan fingerprint density at radius 2 is 1.61 bits per heavy atom. The van der Waals surface area contributed by atoms with Crippen LogP contribution >= 0.6 is 0 Å². The Bertz CT molecular complexity index is 544. The van der Waals surface area contributed by atoms with E-state index in [0.717, 1.165) is 32.1 Å². The van der Waals surface area contributed by atoms with Gasteiger partial charge in [-0.3, -0.25) is 0 Å². The smallest absolute Gasteiger partial charge is 0.282 e. The normalized spacial score (nSPS) is 38.4. The summed E-state index contributed by atoms with van der Waals surface area (Å²) in [5.41, 5.74) is 6.21. The highest BCUT2D eigenvalue weighted by atomic mass is 32.2. The third kappa shape index (κ3) is 2.40. The molecule has 5 nitrogen and oxygen atoms in total. The van der Waals surface area contributed by atoms with Crippen LogP contribution in [0.4, 0.5) is 0 Å². The van der Waals surface area contributed by atoms with E-state index in [1.165, 1.54) is 32.1 Å². The van der Waals surface area contributed by atoms with Crippen molar-refractivity contribution in [2.24, 2.45) is 17.1 Å². The number of fused-ring (bicyclic) bond motifs is 1. The molecule has 2 heterocycles. The highest BCUT2D eigenvalue weighted by Gasteiger charge is 2.59. The van der Waals surface area contributed by atoms with Crippen LogP contribution in [0.15, 0.2) is 0 Å². The monoisotopic (exact) mass is 341 g/mol. The molecule has 2 aliphatic carbocycles. The summed E-state index contributed by atoms with van der Waals surface area (Å²) in [7, 11) is -3.33. The van der Waals surface area contributed by atoms with Gasteiger partial charge in [0.25, 0.3) is 10.2 Å². The average molecular weight is 342 g/mol. The lowest BCUT2D eigenvalue weighted by molar-refractivity contribution is 0.0673. The molecule has 4 rings (SSSR count). The second-order valence-corrected chi connectivity index (χ2v) is 10.2. The van der Waals surface area contributed by atoms with Crippen molar-refractivity contribution in [3.8, 4) is 0 Å². The van der Waals surface area contributed by atoms with E-state index >= 15 is 0 Å². The summed E-state index contributed by atoms with van der Waals surface area (Å²) < 4.78 is 30.0. The number of rotatable bonds is 3. The van der Waals surface area contributed by atoms with Gasteiger partial charge < -0.3 is 5.73 Å². The van der Waals surface area contributed by atoms with Crippen molar-refractivity contribution in [2.75, 3.05) is 26.2 Å². The van der Waals surface area contributed by atoms with Crippen LogP contribution in [0.3, 0.4) is 0 Å². The van der Waals surface area contributed by atoms with Gasteiger partial charge in [-0.2, -0.15) is 17.0 Å². The lowest BCUT2D eigenvalue weighted by Crippen LogP contribution is -2.63. The number of nitrogens with zero attached hydrogens (tertiary/aromatic N) is 2. The van der Waals surface area contributed by atoms with Gasteiger partial charge in [0.15, 0.2) is 0 Å². The average Bonchev–Trinajstić information content (AvgIpc) is 2.80. The summed E-state index contributed by atoms with van der Waals surface area (Å²) >= 11 is 0. The lowest BCUT2D eigenvalue weighted by atomic mass is 9.68. The fraction of sp³-hybridized carbons (Fsp3) is 1.00. The molecule has 0 radical (unpaired) electrons. The van der Waals surface area contributed by atoms with E-state index in [-0.39, 0.29) is 5.54 Å². The molecule has 2 saturated carbocycles. The summed E-state index contributed by atoms with van der Waals surface area (Å²) in [6.07, 6.45) is 11.8. The first-order chi connectivity index (χ1) is 11.0. The molecule has 1 spiro atoms.